The van der Waals surface area contributed by atoms with Crippen molar-refractivity contribution in [2.45, 2.75) is 6.61 Å². The lowest BCUT2D eigenvalue weighted by molar-refractivity contribution is 0.179. The molecular formula is C12H12N4O2. The molecule has 18 heavy (non-hydrogen) atoms. The number of hydrogen-bond donors (Lipinski definition) is 0. The van der Waals surface area contributed by atoms with Gasteiger partial charge in [0.25, 0.3) is 0 Å². The van der Waals surface area contributed by atoms with Crippen molar-refractivity contribution >= 4 is 0 Å². The van der Waals surface area contributed by atoms with Gasteiger partial charge in [-0.15, -0.1) is 5.10 Å². The maximum Gasteiger partial charge on any atom is 0.188 e. The van der Waals surface area contributed by atoms with E-state index in [0.717, 1.165) is 11.4 Å². The number of nitrogens with zero attached hydrogens (tertiary/aromatic N) is 4. The number of nitriles is 1. The van der Waals surface area contributed by atoms with Crippen LogP contribution < -0.4 is 4.74 Å². The molecule has 2 rings (SSSR count). The van der Waals surface area contributed by atoms with Gasteiger partial charge in [0.2, 0.25) is 0 Å². The maximum atomic E-state index is 8.95. The van der Waals surface area contributed by atoms with Crippen molar-refractivity contribution in [1.82, 2.24) is 15.0 Å². The van der Waals surface area contributed by atoms with Gasteiger partial charge in [0, 0.05) is 7.11 Å². The summed E-state index contributed by atoms with van der Waals surface area (Å²) in [4.78, 5) is 0. The fourth-order valence-corrected chi connectivity index (χ4v) is 1.59. The number of aromatic nitrogens is 3. The highest BCUT2D eigenvalue weighted by molar-refractivity contribution is 5.39. The quantitative estimate of drug-likeness (QED) is 0.810. The number of methoxy groups -OCH3 is 2. The molecule has 0 aliphatic heterocycles. The first-order valence-corrected chi connectivity index (χ1v) is 5.28. The Morgan fingerprint density at radius 3 is 2.56 bits per heavy atom. The molecular weight excluding hydrogens is 232 g/mol. The summed E-state index contributed by atoms with van der Waals surface area (Å²) >= 11 is 0. The summed E-state index contributed by atoms with van der Waals surface area (Å²) in [7, 11) is 3.17. The van der Waals surface area contributed by atoms with Gasteiger partial charge in [-0.05, 0) is 24.3 Å². The summed E-state index contributed by atoms with van der Waals surface area (Å²) in [5, 5.41) is 16.7. The lowest BCUT2D eigenvalue weighted by Gasteiger charge is -2.06. The van der Waals surface area contributed by atoms with Gasteiger partial charge < -0.3 is 9.47 Å². The third kappa shape index (κ3) is 2.17. The third-order valence-electron chi connectivity index (χ3n) is 2.47. The second-order valence-electron chi connectivity index (χ2n) is 3.54. The Morgan fingerprint density at radius 2 is 2.00 bits per heavy atom. The predicted molar refractivity (Wildman–Crippen MR) is 63.3 cm³/mol. The minimum Gasteiger partial charge on any atom is -0.497 e. The van der Waals surface area contributed by atoms with E-state index in [1.54, 1.807) is 18.9 Å². The molecule has 2 aromatic rings. The van der Waals surface area contributed by atoms with E-state index in [-0.39, 0.29) is 12.3 Å². The van der Waals surface area contributed by atoms with Gasteiger partial charge in [0.05, 0.1) is 19.4 Å². The van der Waals surface area contributed by atoms with Gasteiger partial charge in [0.1, 0.15) is 17.5 Å². The molecule has 0 unspecified atom stereocenters. The molecule has 0 fully saturated rings. The van der Waals surface area contributed by atoms with Gasteiger partial charge in [0.15, 0.2) is 5.69 Å². The second kappa shape index (κ2) is 5.29. The molecule has 0 radical (unpaired) electrons. The van der Waals surface area contributed by atoms with E-state index in [1.807, 2.05) is 30.3 Å². The average molecular weight is 244 g/mol. The predicted octanol–water partition coefficient (Wildman–Crippen LogP) is 1.29. The summed E-state index contributed by atoms with van der Waals surface area (Å²) in [5.41, 5.74) is 1.70. The summed E-state index contributed by atoms with van der Waals surface area (Å²) in [5.74, 6) is 0.757. The van der Waals surface area contributed by atoms with Crippen LogP contribution in [0, 0.1) is 11.3 Å². The van der Waals surface area contributed by atoms with Crippen molar-refractivity contribution < 1.29 is 9.47 Å². The molecule has 92 valence electrons. The summed E-state index contributed by atoms with van der Waals surface area (Å²) in [6.45, 7) is 0.280. The molecule has 0 aliphatic carbocycles. The Labute approximate surface area is 104 Å². The molecule has 0 saturated heterocycles. The molecule has 6 nitrogen and oxygen atoms in total. The van der Waals surface area contributed by atoms with Crippen LogP contribution in [0.3, 0.4) is 0 Å². The van der Waals surface area contributed by atoms with E-state index >= 15 is 0 Å². The molecule has 0 amide bonds. The normalized spacial score (nSPS) is 10.1. The van der Waals surface area contributed by atoms with Crippen LogP contribution in [0.1, 0.15) is 11.4 Å². The third-order valence-corrected chi connectivity index (χ3v) is 2.47. The highest BCUT2D eigenvalue weighted by Crippen LogP contribution is 2.17. The number of hydrogen-bond acceptors (Lipinski definition) is 5. The largest absolute Gasteiger partial charge is 0.497 e. The van der Waals surface area contributed by atoms with E-state index in [2.05, 4.69) is 10.3 Å². The summed E-state index contributed by atoms with van der Waals surface area (Å²) in [6, 6.07) is 9.31. The first-order valence-electron chi connectivity index (χ1n) is 5.28. The van der Waals surface area contributed by atoms with Crippen molar-refractivity contribution in [3.63, 3.8) is 0 Å². The zero-order valence-electron chi connectivity index (χ0n) is 10.1. The Balaban J connectivity index is 2.43. The summed E-state index contributed by atoms with van der Waals surface area (Å²) < 4.78 is 11.7. The van der Waals surface area contributed by atoms with Gasteiger partial charge in [-0.25, -0.2) is 4.68 Å². The molecule has 1 aromatic carbocycles. The van der Waals surface area contributed by atoms with Gasteiger partial charge >= 0.3 is 0 Å². The fraction of sp³-hybridized carbons (Fsp3) is 0.250. The minimum atomic E-state index is 0.271. The van der Waals surface area contributed by atoms with Crippen molar-refractivity contribution in [2.24, 2.45) is 0 Å². The van der Waals surface area contributed by atoms with E-state index in [1.165, 1.54) is 0 Å². The van der Waals surface area contributed by atoms with Crippen LogP contribution in [-0.2, 0) is 11.3 Å². The Morgan fingerprint density at radius 1 is 1.28 bits per heavy atom. The van der Waals surface area contributed by atoms with Crippen molar-refractivity contribution in [2.75, 3.05) is 14.2 Å². The van der Waals surface area contributed by atoms with Crippen LogP contribution >= 0.6 is 0 Å². The molecule has 1 heterocycles. The standard InChI is InChI=1S/C12H12N4O2/c1-17-8-12-11(7-13)14-15-16(12)9-3-5-10(18-2)6-4-9/h3-6H,8H2,1-2H3. The number of ether oxygens (including phenoxy) is 2. The SMILES string of the molecule is COCc1c(C#N)nnn1-c1ccc(OC)cc1. The first-order chi connectivity index (χ1) is 8.80. The van der Waals surface area contributed by atoms with Crippen LogP contribution in [0.15, 0.2) is 24.3 Å². The van der Waals surface area contributed by atoms with E-state index < -0.39 is 0 Å². The highest BCUT2D eigenvalue weighted by Gasteiger charge is 2.13. The van der Waals surface area contributed by atoms with Crippen LogP contribution in [0.25, 0.3) is 5.69 Å². The zero-order chi connectivity index (χ0) is 13.0. The van der Waals surface area contributed by atoms with Crippen LogP contribution in [0.5, 0.6) is 5.75 Å². The summed E-state index contributed by atoms with van der Waals surface area (Å²) in [6.07, 6.45) is 0. The monoisotopic (exact) mass is 244 g/mol. The minimum absolute atomic E-state index is 0.271. The van der Waals surface area contributed by atoms with Crippen molar-refractivity contribution in [1.29, 1.82) is 5.26 Å². The first kappa shape index (κ1) is 12.1. The van der Waals surface area contributed by atoms with Crippen molar-refractivity contribution in [3.05, 3.63) is 35.7 Å². The highest BCUT2D eigenvalue weighted by atomic mass is 16.5. The molecule has 6 heteroatoms. The average Bonchev–Trinajstić information content (AvgIpc) is 2.82. The van der Waals surface area contributed by atoms with Gasteiger partial charge in [-0.1, -0.05) is 5.21 Å². The number of rotatable bonds is 4. The molecule has 0 saturated carbocycles. The molecule has 0 bridgehead atoms. The van der Waals surface area contributed by atoms with Gasteiger partial charge in [-0.3, -0.25) is 0 Å². The van der Waals surface area contributed by atoms with Gasteiger partial charge in [-0.2, -0.15) is 5.26 Å². The topological polar surface area (TPSA) is 73.0 Å². The van der Waals surface area contributed by atoms with E-state index in [4.69, 9.17) is 14.7 Å². The maximum absolute atomic E-state index is 8.95. The lowest BCUT2D eigenvalue weighted by atomic mass is 10.3. The number of benzene rings is 1. The zero-order valence-corrected chi connectivity index (χ0v) is 10.1. The second-order valence-corrected chi connectivity index (χ2v) is 3.54. The van der Waals surface area contributed by atoms with Crippen LogP contribution in [0.4, 0.5) is 0 Å². The molecule has 1 aromatic heterocycles. The molecule has 0 atom stereocenters. The fourth-order valence-electron chi connectivity index (χ4n) is 1.59. The van der Waals surface area contributed by atoms with Crippen LogP contribution in [-0.4, -0.2) is 29.2 Å². The Bertz CT molecular complexity index is 569. The van der Waals surface area contributed by atoms with Crippen LogP contribution in [0.2, 0.25) is 0 Å². The lowest BCUT2D eigenvalue weighted by Crippen LogP contribution is -2.04. The smallest absolute Gasteiger partial charge is 0.188 e. The molecule has 0 aliphatic rings. The Hall–Kier alpha value is -2.39. The molecule has 0 spiro atoms. The van der Waals surface area contributed by atoms with Crippen molar-refractivity contribution in [3.8, 4) is 17.5 Å². The van der Waals surface area contributed by atoms with E-state index in [9.17, 15) is 0 Å². The van der Waals surface area contributed by atoms with E-state index in [0.29, 0.717) is 5.69 Å². The molecule has 0 N–H and O–H groups in total. The Kier molecular flexibility index (Phi) is 3.55.